The van der Waals surface area contributed by atoms with Crippen LogP contribution in [0.15, 0.2) is 71.8 Å². The number of carboxylic acids is 2. The van der Waals surface area contributed by atoms with E-state index in [0.29, 0.717) is 5.57 Å². The zero-order valence-corrected chi connectivity index (χ0v) is 26.7. The van der Waals surface area contributed by atoms with Crippen LogP contribution in [0.5, 0.6) is 0 Å². The second kappa shape index (κ2) is 10.9. The van der Waals surface area contributed by atoms with Gasteiger partial charge in [-0.15, -0.1) is 0 Å². The van der Waals surface area contributed by atoms with Gasteiger partial charge in [0.1, 0.15) is 11.7 Å². The van der Waals surface area contributed by atoms with Crippen LogP contribution in [0, 0.1) is 29.1 Å². The first-order valence-corrected chi connectivity index (χ1v) is 15.5. The van der Waals surface area contributed by atoms with Crippen molar-refractivity contribution in [2.24, 2.45) is 29.1 Å². The lowest BCUT2D eigenvalue weighted by atomic mass is 9.59. The molecule has 5 N–H and O–H groups in total. The second-order valence-electron chi connectivity index (χ2n) is 13.9. The number of carboxylic acid groups (broad SMARTS) is 2. The molecule has 4 aliphatic rings. The molecule has 0 aromatic heterocycles. The number of aliphatic hydroxyl groups is 3. The number of Topliss-reactive ketones (excluding diaryl/α,β-unsaturated/α-hetero) is 1. The van der Waals surface area contributed by atoms with Crippen LogP contribution in [0.25, 0.3) is 0 Å². The van der Waals surface area contributed by atoms with E-state index in [9.17, 15) is 49.5 Å². The number of rotatable bonds is 7. The summed E-state index contributed by atoms with van der Waals surface area (Å²) in [6, 6.07) is 10.1. The van der Waals surface area contributed by atoms with Crippen LogP contribution in [0.3, 0.4) is 0 Å². The van der Waals surface area contributed by atoms with Crippen LogP contribution in [-0.2, 0) is 14.3 Å². The predicted molar refractivity (Wildman–Crippen MR) is 166 cm³/mol. The summed E-state index contributed by atoms with van der Waals surface area (Å²) in [7, 11) is 0. The molecule has 2 aromatic rings. The van der Waals surface area contributed by atoms with Gasteiger partial charge in [-0.25, -0.2) is 19.2 Å². The number of ether oxygens (including phenoxy) is 2. The van der Waals surface area contributed by atoms with E-state index in [2.05, 4.69) is 0 Å². The fraction of sp³-hybridized carbons (Fsp3) is 0.417. The van der Waals surface area contributed by atoms with Crippen LogP contribution in [0.1, 0.15) is 75.5 Å². The molecule has 0 aliphatic heterocycles. The molecular weight excluding hydrogens is 624 g/mol. The highest BCUT2D eigenvalue weighted by Gasteiger charge is 2.88. The number of carbonyl (C=O) groups excluding carboxylic acids is 3. The largest absolute Gasteiger partial charge is 0.478 e. The van der Waals surface area contributed by atoms with Gasteiger partial charge in [-0.2, -0.15) is 0 Å². The molecule has 2 saturated carbocycles. The molecule has 0 radical (unpaired) electrons. The number of carbonyl (C=O) groups is 5. The molecule has 12 heteroatoms. The summed E-state index contributed by atoms with van der Waals surface area (Å²) in [5.41, 5.74) is -6.16. The zero-order valence-electron chi connectivity index (χ0n) is 26.7. The quantitative estimate of drug-likeness (QED) is 0.215. The molecule has 0 amide bonds. The summed E-state index contributed by atoms with van der Waals surface area (Å²) in [6.07, 6.45) is 1.55. The molecule has 12 nitrogen and oxygen atoms in total. The Labute approximate surface area is 275 Å². The van der Waals surface area contributed by atoms with E-state index in [1.807, 2.05) is 0 Å². The molecule has 2 aromatic carbocycles. The number of benzene rings is 2. The van der Waals surface area contributed by atoms with Crippen molar-refractivity contribution in [2.75, 3.05) is 6.61 Å². The minimum Gasteiger partial charge on any atom is -0.478 e. The van der Waals surface area contributed by atoms with Gasteiger partial charge in [-0.1, -0.05) is 32.9 Å². The molecule has 8 atom stereocenters. The molecule has 0 heterocycles. The highest BCUT2D eigenvalue weighted by Crippen LogP contribution is 2.77. The SMILES string of the molecule is CC1=C[C@H]2[C@@]3(O)[C@H](C)[C@@H](OC(=O)c4ccc(C(=O)O)cc4)[C@]4(OC(=O)c5ccc(C(=O)O)cc5)C([C@@H]3C=C(CO)C[C@]2(O)C1=O)C4(C)C. The summed E-state index contributed by atoms with van der Waals surface area (Å²) >= 11 is 0. The van der Waals surface area contributed by atoms with E-state index in [4.69, 9.17) is 9.47 Å². The van der Waals surface area contributed by atoms with Crippen molar-refractivity contribution < 1.29 is 59.0 Å². The molecule has 4 aliphatic carbocycles. The maximum atomic E-state index is 13.8. The van der Waals surface area contributed by atoms with Crippen molar-refractivity contribution in [2.45, 2.75) is 57.0 Å². The fourth-order valence-electron chi connectivity index (χ4n) is 8.72. The molecule has 1 unspecified atom stereocenters. The van der Waals surface area contributed by atoms with Crippen molar-refractivity contribution in [1.82, 2.24) is 0 Å². The van der Waals surface area contributed by atoms with Crippen molar-refractivity contribution in [3.05, 3.63) is 94.1 Å². The van der Waals surface area contributed by atoms with E-state index in [1.165, 1.54) is 61.5 Å². The standard InChI is InChI=1S/C36H36O12/c1-17-13-25-34(45,27(17)38)15-19(16-37)14-24-26-33(3,4)36(26,48-32(44)23-11-7-21(8-12-23)30(41)42)28(18(2)35(24,25)46)47-31(43)22-9-5-20(6-10-22)29(39)40/h5-14,18,24-26,28,37,45-46H,15-16H2,1-4H3,(H,39,40)(H,41,42)/t18-,24+,25-,26?,28-,34-,35-,36-/m1/s1. The number of aliphatic hydroxyl groups excluding tert-OH is 1. The van der Waals surface area contributed by atoms with Crippen LogP contribution in [-0.4, -0.2) is 84.7 Å². The molecule has 0 spiro atoms. The van der Waals surface area contributed by atoms with Gasteiger partial charge < -0.3 is 35.0 Å². The van der Waals surface area contributed by atoms with Gasteiger partial charge in [0.05, 0.1) is 34.5 Å². The van der Waals surface area contributed by atoms with Crippen LogP contribution < -0.4 is 0 Å². The van der Waals surface area contributed by atoms with Crippen molar-refractivity contribution in [3.8, 4) is 0 Å². The summed E-state index contributed by atoms with van der Waals surface area (Å²) in [4.78, 5) is 63.7. The third-order valence-corrected chi connectivity index (χ3v) is 11.2. The third kappa shape index (κ3) is 4.50. The minimum atomic E-state index is -2.10. The first kappa shape index (κ1) is 33.3. The lowest BCUT2D eigenvalue weighted by molar-refractivity contribution is -0.210. The maximum absolute atomic E-state index is 13.8. The number of fused-ring (bicyclic) bond motifs is 5. The lowest BCUT2D eigenvalue weighted by Gasteiger charge is -2.53. The summed E-state index contributed by atoms with van der Waals surface area (Å²) in [6.45, 7) is 6.17. The summed E-state index contributed by atoms with van der Waals surface area (Å²) < 4.78 is 12.5. The van der Waals surface area contributed by atoms with Crippen LogP contribution in [0.4, 0.5) is 0 Å². The topological polar surface area (TPSA) is 205 Å². The molecule has 48 heavy (non-hydrogen) atoms. The van der Waals surface area contributed by atoms with Gasteiger partial charge in [0.15, 0.2) is 11.4 Å². The van der Waals surface area contributed by atoms with Crippen molar-refractivity contribution in [1.29, 1.82) is 0 Å². The van der Waals surface area contributed by atoms with Crippen molar-refractivity contribution in [3.63, 3.8) is 0 Å². The molecule has 252 valence electrons. The fourth-order valence-corrected chi connectivity index (χ4v) is 8.72. The average Bonchev–Trinajstić information content (AvgIpc) is 3.48. The first-order chi connectivity index (χ1) is 22.4. The van der Waals surface area contributed by atoms with Gasteiger partial charge >= 0.3 is 23.9 Å². The first-order valence-electron chi connectivity index (χ1n) is 15.5. The van der Waals surface area contributed by atoms with Crippen molar-refractivity contribution >= 4 is 29.7 Å². The Kier molecular flexibility index (Phi) is 7.58. The predicted octanol–water partition coefficient (Wildman–Crippen LogP) is 3.06. The average molecular weight is 661 g/mol. The van der Waals surface area contributed by atoms with E-state index in [0.717, 1.165) is 0 Å². The van der Waals surface area contributed by atoms with E-state index in [1.54, 1.807) is 26.8 Å². The Balaban J connectivity index is 1.49. The van der Waals surface area contributed by atoms with E-state index < -0.39 is 88.3 Å². The number of aromatic carboxylic acids is 2. The van der Waals surface area contributed by atoms with Gasteiger partial charge in [-0.3, -0.25) is 4.79 Å². The zero-order chi connectivity index (χ0) is 35.1. The Hall–Kier alpha value is -4.65. The normalized spacial score (nSPS) is 34.3. The molecule has 6 rings (SSSR count). The monoisotopic (exact) mass is 660 g/mol. The smallest absolute Gasteiger partial charge is 0.338 e. The lowest BCUT2D eigenvalue weighted by Crippen LogP contribution is -2.66. The molecule has 0 bridgehead atoms. The van der Waals surface area contributed by atoms with Crippen LogP contribution in [0.2, 0.25) is 0 Å². The number of ketones is 1. The Bertz CT molecular complexity index is 1800. The maximum Gasteiger partial charge on any atom is 0.338 e. The van der Waals surface area contributed by atoms with Gasteiger partial charge in [0.2, 0.25) is 0 Å². The molecule has 0 saturated heterocycles. The summed E-state index contributed by atoms with van der Waals surface area (Å²) in [5.74, 6) is -8.63. The third-order valence-electron chi connectivity index (χ3n) is 11.2. The van der Waals surface area contributed by atoms with Gasteiger partial charge in [0, 0.05) is 35.5 Å². The highest BCUT2D eigenvalue weighted by atomic mass is 16.6. The Morgan fingerprint density at radius 1 is 0.833 bits per heavy atom. The Morgan fingerprint density at radius 2 is 1.33 bits per heavy atom. The number of hydrogen-bond acceptors (Lipinski definition) is 10. The molecular formula is C36H36O12. The second-order valence-corrected chi connectivity index (χ2v) is 13.9. The van der Waals surface area contributed by atoms with E-state index in [-0.39, 0.29) is 34.2 Å². The minimum absolute atomic E-state index is 0.00586. The highest BCUT2D eigenvalue weighted by molar-refractivity contribution is 6.05. The Morgan fingerprint density at radius 3 is 1.83 bits per heavy atom. The van der Waals surface area contributed by atoms with E-state index >= 15 is 0 Å². The molecule has 2 fully saturated rings. The summed E-state index contributed by atoms with van der Waals surface area (Å²) in [5, 5.41) is 53.8. The van der Waals surface area contributed by atoms with Gasteiger partial charge in [0.25, 0.3) is 0 Å². The van der Waals surface area contributed by atoms with Gasteiger partial charge in [-0.05, 0) is 66.6 Å². The number of esters is 2. The number of hydrogen-bond donors (Lipinski definition) is 5. The van der Waals surface area contributed by atoms with Crippen LogP contribution >= 0.6 is 0 Å².